The standard InChI is InChI=1S/C22H27N3O5/c1-3-5-15-10-13(4-2)11-17(20(15)30-12-18(26)27)19(22(28)29)25-16-8-6-14(7-9-16)21(23)24/h6-11,19,25H,3-5,12H2,1-2H3,(H3,23,24)(H,26,27)(H,28,29). The number of aryl methyl sites for hydroxylation is 2. The molecule has 0 heterocycles. The van der Waals surface area contributed by atoms with Crippen molar-refractivity contribution >= 4 is 23.5 Å². The van der Waals surface area contributed by atoms with E-state index in [1.807, 2.05) is 19.9 Å². The van der Waals surface area contributed by atoms with Gasteiger partial charge in [0.15, 0.2) is 12.6 Å². The van der Waals surface area contributed by atoms with Crippen molar-refractivity contribution in [2.45, 2.75) is 39.2 Å². The third-order valence-corrected chi connectivity index (χ3v) is 4.59. The molecule has 0 amide bonds. The highest BCUT2D eigenvalue weighted by Gasteiger charge is 2.26. The number of anilines is 1. The van der Waals surface area contributed by atoms with E-state index in [2.05, 4.69) is 5.32 Å². The zero-order valence-corrected chi connectivity index (χ0v) is 17.1. The Labute approximate surface area is 175 Å². The summed E-state index contributed by atoms with van der Waals surface area (Å²) < 4.78 is 5.55. The van der Waals surface area contributed by atoms with Gasteiger partial charge in [-0.2, -0.15) is 0 Å². The van der Waals surface area contributed by atoms with Gasteiger partial charge in [0.25, 0.3) is 0 Å². The number of rotatable bonds is 11. The lowest BCUT2D eigenvalue weighted by Gasteiger charge is -2.23. The second-order valence-electron chi connectivity index (χ2n) is 6.87. The van der Waals surface area contributed by atoms with Crippen LogP contribution in [0.4, 0.5) is 5.69 Å². The lowest BCUT2D eigenvalue weighted by molar-refractivity contribution is -0.139. The highest BCUT2D eigenvalue weighted by molar-refractivity contribution is 5.95. The Morgan fingerprint density at radius 2 is 1.83 bits per heavy atom. The topological polar surface area (TPSA) is 146 Å². The number of nitrogen functional groups attached to an aromatic ring is 1. The van der Waals surface area contributed by atoms with E-state index in [9.17, 15) is 14.7 Å². The normalized spacial score (nSPS) is 11.5. The minimum atomic E-state index is -1.15. The third kappa shape index (κ3) is 5.73. The molecule has 1 unspecified atom stereocenters. The molecule has 0 saturated carbocycles. The molecule has 0 radical (unpaired) electrons. The molecular formula is C22H27N3O5. The smallest absolute Gasteiger partial charge is 0.341 e. The number of ether oxygens (including phenoxy) is 1. The molecule has 160 valence electrons. The van der Waals surface area contributed by atoms with Crippen LogP contribution in [0.1, 0.15) is 48.6 Å². The van der Waals surface area contributed by atoms with Crippen LogP contribution in [0.25, 0.3) is 0 Å². The summed E-state index contributed by atoms with van der Waals surface area (Å²) in [5.74, 6) is -2.05. The second-order valence-corrected chi connectivity index (χ2v) is 6.87. The van der Waals surface area contributed by atoms with Crippen molar-refractivity contribution in [1.82, 2.24) is 0 Å². The summed E-state index contributed by atoms with van der Waals surface area (Å²) in [5, 5.41) is 29.4. The zero-order chi connectivity index (χ0) is 22.3. The quantitative estimate of drug-likeness (QED) is 0.281. The monoisotopic (exact) mass is 413 g/mol. The zero-order valence-electron chi connectivity index (χ0n) is 17.1. The largest absolute Gasteiger partial charge is 0.481 e. The van der Waals surface area contributed by atoms with Gasteiger partial charge in [-0.05, 0) is 54.3 Å². The van der Waals surface area contributed by atoms with E-state index < -0.39 is 24.6 Å². The molecule has 0 aliphatic heterocycles. The lowest BCUT2D eigenvalue weighted by atomic mass is 9.95. The van der Waals surface area contributed by atoms with Gasteiger partial charge in [-0.25, -0.2) is 9.59 Å². The molecule has 8 heteroatoms. The SMILES string of the molecule is CCCc1cc(CC)cc(C(Nc2ccc(C(=N)N)cc2)C(=O)O)c1OCC(=O)O. The number of nitrogens with one attached hydrogen (secondary N) is 2. The van der Waals surface area contributed by atoms with E-state index in [0.29, 0.717) is 29.7 Å². The van der Waals surface area contributed by atoms with Crippen molar-refractivity contribution in [1.29, 1.82) is 5.41 Å². The van der Waals surface area contributed by atoms with E-state index >= 15 is 0 Å². The molecule has 2 aromatic carbocycles. The van der Waals surface area contributed by atoms with Crippen molar-refractivity contribution < 1.29 is 24.5 Å². The molecule has 2 rings (SSSR count). The fourth-order valence-corrected chi connectivity index (χ4v) is 3.15. The van der Waals surface area contributed by atoms with E-state index in [0.717, 1.165) is 17.5 Å². The summed E-state index contributed by atoms with van der Waals surface area (Å²) in [6.07, 6.45) is 2.13. The Hall–Kier alpha value is -3.55. The Balaban J connectivity index is 2.52. The molecule has 0 aromatic heterocycles. The van der Waals surface area contributed by atoms with Crippen LogP contribution in [-0.4, -0.2) is 34.6 Å². The van der Waals surface area contributed by atoms with E-state index in [4.69, 9.17) is 21.0 Å². The van der Waals surface area contributed by atoms with Crippen LogP contribution in [0.5, 0.6) is 5.75 Å². The van der Waals surface area contributed by atoms with Gasteiger partial charge in [-0.15, -0.1) is 0 Å². The molecule has 6 N–H and O–H groups in total. The van der Waals surface area contributed by atoms with Crippen LogP contribution >= 0.6 is 0 Å². The summed E-state index contributed by atoms with van der Waals surface area (Å²) in [7, 11) is 0. The number of aliphatic carboxylic acids is 2. The van der Waals surface area contributed by atoms with Gasteiger partial charge in [0.1, 0.15) is 11.6 Å². The highest BCUT2D eigenvalue weighted by atomic mass is 16.5. The molecule has 8 nitrogen and oxygen atoms in total. The molecule has 30 heavy (non-hydrogen) atoms. The van der Waals surface area contributed by atoms with Crippen molar-refractivity contribution in [2.24, 2.45) is 5.73 Å². The summed E-state index contributed by atoms with van der Waals surface area (Å²) in [6.45, 7) is 3.40. The average molecular weight is 413 g/mol. The molecule has 0 spiro atoms. The fraction of sp³-hybridized carbons (Fsp3) is 0.318. The first kappa shape index (κ1) is 22.7. The van der Waals surface area contributed by atoms with E-state index in [1.54, 1.807) is 30.3 Å². The molecule has 1 atom stereocenters. The first-order valence-corrected chi connectivity index (χ1v) is 9.70. The Morgan fingerprint density at radius 1 is 1.17 bits per heavy atom. The number of benzene rings is 2. The molecule has 0 aliphatic carbocycles. The van der Waals surface area contributed by atoms with Gasteiger partial charge in [0.05, 0.1) is 0 Å². The van der Waals surface area contributed by atoms with Gasteiger partial charge in [-0.3, -0.25) is 5.41 Å². The van der Waals surface area contributed by atoms with Crippen molar-refractivity contribution in [2.75, 3.05) is 11.9 Å². The van der Waals surface area contributed by atoms with Gasteiger partial charge in [0, 0.05) is 16.8 Å². The summed E-state index contributed by atoms with van der Waals surface area (Å²) in [4.78, 5) is 23.2. The molecule has 0 saturated heterocycles. The fourth-order valence-electron chi connectivity index (χ4n) is 3.15. The number of carboxylic acids is 2. The minimum absolute atomic E-state index is 0.0828. The van der Waals surface area contributed by atoms with Crippen molar-refractivity contribution in [3.63, 3.8) is 0 Å². The predicted molar refractivity (Wildman–Crippen MR) is 114 cm³/mol. The number of hydrogen-bond donors (Lipinski definition) is 5. The molecule has 0 fully saturated rings. The molecule has 0 aliphatic rings. The maximum Gasteiger partial charge on any atom is 0.341 e. The van der Waals surface area contributed by atoms with Crippen molar-refractivity contribution in [3.8, 4) is 5.75 Å². The molecule has 0 bridgehead atoms. The maximum atomic E-state index is 12.2. The molecular weight excluding hydrogens is 386 g/mol. The van der Waals surface area contributed by atoms with Crippen LogP contribution in [0.2, 0.25) is 0 Å². The number of carboxylic acid groups (broad SMARTS) is 2. The highest BCUT2D eigenvalue weighted by Crippen LogP contribution is 2.34. The molecule has 2 aromatic rings. The average Bonchev–Trinajstić information content (AvgIpc) is 2.70. The van der Waals surface area contributed by atoms with Gasteiger partial charge in [-0.1, -0.05) is 26.3 Å². The summed E-state index contributed by atoms with van der Waals surface area (Å²) in [6, 6.07) is 9.05. The number of nitrogens with two attached hydrogens (primary N) is 1. The maximum absolute atomic E-state index is 12.2. The predicted octanol–water partition coefficient (Wildman–Crippen LogP) is 3.19. The van der Waals surface area contributed by atoms with Crippen molar-refractivity contribution in [3.05, 3.63) is 58.7 Å². The van der Waals surface area contributed by atoms with Gasteiger partial charge >= 0.3 is 11.9 Å². The summed E-state index contributed by atoms with van der Waals surface area (Å²) in [5.41, 5.74) is 8.61. The van der Waals surface area contributed by atoms with Crippen LogP contribution in [0.15, 0.2) is 36.4 Å². The minimum Gasteiger partial charge on any atom is -0.481 e. The number of hydrogen-bond acceptors (Lipinski definition) is 5. The van der Waals surface area contributed by atoms with E-state index in [-0.39, 0.29) is 11.6 Å². The first-order chi connectivity index (χ1) is 14.3. The van der Waals surface area contributed by atoms with Crippen LogP contribution in [-0.2, 0) is 22.4 Å². The van der Waals surface area contributed by atoms with Gasteiger partial charge in [0.2, 0.25) is 0 Å². The summed E-state index contributed by atoms with van der Waals surface area (Å²) >= 11 is 0. The van der Waals surface area contributed by atoms with Crippen LogP contribution < -0.4 is 15.8 Å². The third-order valence-electron chi connectivity index (χ3n) is 4.59. The number of carbonyl (C=O) groups is 2. The Bertz CT molecular complexity index is 925. The lowest BCUT2D eigenvalue weighted by Crippen LogP contribution is -2.23. The van der Waals surface area contributed by atoms with Crippen LogP contribution in [0, 0.1) is 5.41 Å². The first-order valence-electron chi connectivity index (χ1n) is 9.70. The Morgan fingerprint density at radius 3 is 2.33 bits per heavy atom. The number of amidine groups is 1. The van der Waals surface area contributed by atoms with E-state index in [1.165, 1.54) is 0 Å². The second kappa shape index (κ2) is 10.3. The Kier molecular flexibility index (Phi) is 7.80. The van der Waals surface area contributed by atoms with Gasteiger partial charge < -0.3 is 26.0 Å². The van der Waals surface area contributed by atoms with Crippen LogP contribution in [0.3, 0.4) is 0 Å².